The lowest BCUT2D eigenvalue weighted by atomic mass is 9.86. The summed E-state index contributed by atoms with van der Waals surface area (Å²) in [6, 6.07) is 0.603. The van der Waals surface area contributed by atoms with E-state index in [2.05, 4.69) is 9.80 Å². The fourth-order valence-corrected chi connectivity index (χ4v) is 4.12. The standard InChI is InChI=1S/C15H26N2O3/c18-14(19)15(4-1-2-5-15)12-16-6-3-13(11-16)17-7-9-20-10-8-17/h13H,1-12H2,(H,18,19). The summed E-state index contributed by atoms with van der Waals surface area (Å²) >= 11 is 0. The Hall–Kier alpha value is -0.650. The molecule has 3 aliphatic rings. The average Bonchev–Trinajstić information content (AvgIpc) is 3.10. The van der Waals surface area contributed by atoms with Gasteiger partial charge in [0, 0.05) is 32.2 Å². The Kier molecular flexibility index (Phi) is 4.29. The second-order valence-corrected chi connectivity index (χ2v) is 6.62. The molecular formula is C15H26N2O3. The smallest absolute Gasteiger partial charge is 0.310 e. The number of hydrogen-bond donors (Lipinski definition) is 1. The molecule has 1 unspecified atom stereocenters. The van der Waals surface area contributed by atoms with E-state index in [1.807, 2.05) is 0 Å². The van der Waals surface area contributed by atoms with Crippen molar-refractivity contribution in [1.29, 1.82) is 0 Å². The normalized spacial score (nSPS) is 31.7. The van der Waals surface area contributed by atoms with Crippen LogP contribution in [0.1, 0.15) is 32.1 Å². The highest BCUT2D eigenvalue weighted by molar-refractivity contribution is 5.75. The molecule has 2 heterocycles. The monoisotopic (exact) mass is 282 g/mol. The van der Waals surface area contributed by atoms with Crippen molar-refractivity contribution >= 4 is 5.97 Å². The van der Waals surface area contributed by atoms with Crippen LogP contribution in [0.15, 0.2) is 0 Å². The van der Waals surface area contributed by atoms with E-state index in [1.54, 1.807) is 0 Å². The molecule has 0 aromatic heterocycles. The highest BCUT2D eigenvalue weighted by Crippen LogP contribution is 2.39. The first-order valence-corrected chi connectivity index (χ1v) is 7.97. The van der Waals surface area contributed by atoms with Crippen LogP contribution >= 0.6 is 0 Å². The highest BCUT2D eigenvalue weighted by Gasteiger charge is 2.44. The van der Waals surface area contributed by atoms with Crippen LogP contribution in [-0.4, -0.2) is 72.9 Å². The third kappa shape index (κ3) is 2.85. The number of carboxylic acids is 1. The summed E-state index contributed by atoms with van der Waals surface area (Å²) in [7, 11) is 0. The van der Waals surface area contributed by atoms with Crippen molar-refractivity contribution in [3.05, 3.63) is 0 Å². The number of aliphatic carboxylic acids is 1. The Balaban J connectivity index is 1.55. The fourth-order valence-electron chi connectivity index (χ4n) is 4.12. The van der Waals surface area contributed by atoms with Gasteiger partial charge in [-0.2, -0.15) is 0 Å². The molecule has 2 saturated heterocycles. The molecule has 0 aromatic rings. The first-order chi connectivity index (χ1) is 9.70. The Bertz CT molecular complexity index is 349. The molecule has 2 aliphatic heterocycles. The zero-order valence-electron chi connectivity index (χ0n) is 12.2. The van der Waals surface area contributed by atoms with Crippen LogP contribution in [0.3, 0.4) is 0 Å². The van der Waals surface area contributed by atoms with Crippen molar-refractivity contribution in [2.24, 2.45) is 5.41 Å². The lowest BCUT2D eigenvalue weighted by Crippen LogP contribution is -2.46. The summed E-state index contributed by atoms with van der Waals surface area (Å²) in [5, 5.41) is 9.59. The van der Waals surface area contributed by atoms with Crippen molar-refractivity contribution in [1.82, 2.24) is 9.80 Å². The molecule has 1 saturated carbocycles. The van der Waals surface area contributed by atoms with E-state index in [9.17, 15) is 9.90 Å². The number of nitrogens with zero attached hydrogens (tertiary/aromatic N) is 2. The van der Waals surface area contributed by atoms with Crippen LogP contribution in [0, 0.1) is 5.41 Å². The molecule has 0 spiro atoms. The molecule has 20 heavy (non-hydrogen) atoms. The lowest BCUT2D eigenvalue weighted by Gasteiger charge is -2.33. The molecule has 3 rings (SSSR count). The van der Waals surface area contributed by atoms with E-state index in [4.69, 9.17) is 4.74 Å². The maximum Gasteiger partial charge on any atom is 0.310 e. The SMILES string of the molecule is O=C(O)C1(CN2CCC(N3CCOCC3)C2)CCCC1. The molecule has 3 fully saturated rings. The van der Waals surface area contributed by atoms with E-state index in [1.165, 1.54) is 6.42 Å². The van der Waals surface area contributed by atoms with Gasteiger partial charge in [-0.05, 0) is 25.8 Å². The van der Waals surface area contributed by atoms with Crippen molar-refractivity contribution < 1.29 is 14.6 Å². The van der Waals surface area contributed by atoms with Gasteiger partial charge < -0.3 is 14.7 Å². The summed E-state index contributed by atoms with van der Waals surface area (Å²) in [5.41, 5.74) is -0.458. The van der Waals surface area contributed by atoms with Gasteiger partial charge in [-0.3, -0.25) is 9.69 Å². The quantitative estimate of drug-likeness (QED) is 0.835. The van der Waals surface area contributed by atoms with Crippen molar-refractivity contribution in [2.45, 2.75) is 38.1 Å². The second kappa shape index (κ2) is 6.00. The van der Waals surface area contributed by atoms with E-state index in [-0.39, 0.29) is 0 Å². The van der Waals surface area contributed by atoms with Crippen LogP contribution in [0.5, 0.6) is 0 Å². The van der Waals surface area contributed by atoms with E-state index < -0.39 is 11.4 Å². The average molecular weight is 282 g/mol. The molecule has 5 nitrogen and oxygen atoms in total. The van der Waals surface area contributed by atoms with Crippen LogP contribution in [0.4, 0.5) is 0 Å². The van der Waals surface area contributed by atoms with Crippen LogP contribution in [-0.2, 0) is 9.53 Å². The number of hydrogen-bond acceptors (Lipinski definition) is 4. The van der Waals surface area contributed by atoms with Gasteiger partial charge in [0.2, 0.25) is 0 Å². The van der Waals surface area contributed by atoms with Crippen molar-refractivity contribution in [2.75, 3.05) is 45.9 Å². The number of rotatable bonds is 4. The highest BCUT2D eigenvalue weighted by atomic mass is 16.5. The van der Waals surface area contributed by atoms with Gasteiger partial charge >= 0.3 is 5.97 Å². The number of carbonyl (C=O) groups is 1. The predicted molar refractivity (Wildman–Crippen MR) is 75.8 cm³/mol. The minimum absolute atomic E-state index is 0.458. The maximum absolute atomic E-state index is 11.6. The van der Waals surface area contributed by atoms with Crippen LogP contribution in [0.25, 0.3) is 0 Å². The molecule has 1 N–H and O–H groups in total. The largest absolute Gasteiger partial charge is 0.481 e. The first-order valence-electron chi connectivity index (χ1n) is 7.97. The van der Waals surface area contributed by atoms with Gasteiger partial charge in [0.05, 0.1) is 18.6 Å². The van der Waals surface area contributed by atoms with Crippen LogP contribution in [0.2, 0.25) is 0 Å². The third-order valence-electron chi connectivity index (χ3n) is 5.35. The molecule has 1 aliphatic carbocycles. The summed E-state index contributed by atoms with van der Waals surface area (Å²) in [6.45, 7) is 6.59. The first kappa shape index (κ1) is 14.3. The van der Waals surface area contributed by atoms with Gasteiger partial charge in [-0.25, -0.2) is 0 Å². The maximum atomic E-state index is 11.6. The number of ether oxygens (including phenoxy) is 1. The van der Waals surface area contributed by atoms with E-state index >= 15 is 0 Å². The molecule has 1 atom stereocenters. The van der Waals surface area contributed by atoms with Gasteiger partial charge in [0.1, 0.15) is 0 Å². The van der Waals surface area contributed by atoms with E-state index in [0.717, 1.165) is 71.6 Å². The second-order valence-electron chi connectivity index (χ2n) is 6.62. The molecule has 0 aromatic carbocycles. The fraction of sp³-hybridized carbons (Fsp3) is 0.933. The lowest BCUT2D eigenvalue weighted by molar-refractivity contribution is -0.149. The minimum atomic E-state index is -0.579. The molecule has 114 valence electrons. The van der Waals surface area contributed by atoms with E-state index in [0.29, 0.717) is 6.04 Å². The van der Waals surface area contributed by atoms with Crippen molar-refractivity contribution in [3.8, 4) is 0 Å². The molecule has 0 bridgehead atoms. The van der Waals surface area contributed by atoms with Gasteiger partial charge in [-0.15, -0.1) is 0 Å². The number of carboxylic acid groups (broad SMARTS) is 1. The Labute approximate surface area is 120 Å². The zero-order valence-corrected chi connectivity index (χ0v) is 12.2. The number of morpholine rings is 1. The predicted octanol–water partition coefficient (Wildman–Crippen LogP) is 1.04. The van der Waals surface area contributed by atoms with Crippen LogP contribution < -0.4 is 0 Å². The minimum Gasteiger partial charge on any atom is -0.481 e. The summed E-state index contributed by atoms with van der Waals surface area (Å²) in [6.07, 6.45) is 5.05. The Morgan fingerprint density at radius 3 is 2.55 bits per heavy atom. The van der Waals surface area contributed by atoms with Gasteiger partial charge in [0.25, 0.3) is 0 Å². The van der Waals surface area contributed by atoms with Gasteiger partial charge in [0.15, 0.2) is 0 Å². The topological polar surface area (TPSA) is 53.0 Å². The molecule has 5 heteroatoms. The summed E-state index contributed by atoms with van der Waals surface area (Å²) in [5.74, 6) is -0.579. The summed E-state index contributed by atoms with van der Waals surface area (Å²) < 4.78 is 5.41. The molecular weight excluding hydrogens is 256 g/mol. The molecule has 0 amide bonds. The summed E-state index contributed by atoms with van der Waals surface area (Å²) in [4.78, 5) is 16.5. The van der Waals surface area contributed by atoms with Gasteiger partial charge in [-0.1, -0.05) is 12.8 Å². The Morgan fingerprint density at radius 1 is 1.20 bits per heavy atom. The zero-order chi connectivity index (χ0) is 14.0. The number of likely N-dealkylation sites (tertiary alicyclic amines) is 1. The molecule has 0 radical (unpaired) electrons. The Morgan fingerprint density at radius 2 is 1.90 bits per heavy atom. The third-order valence-corrected chi connectivity index (χ3v) is 5.35. The van der Waals surface area contributed by atoms with Crippen molar-refractivity contribution in [3.63, 3.8) is 0 Å².